The Balaban J connectivity index is 1.47. The summed E-state index contributed by atoms with van der Waals surface area (Å²) in [4.78, 5) is 30.4. The number of benzene rings is 2. The Morgan fingerprint density at radius 1 is 1.24 bits per heavy atom. The number of rotatable bonds is 6. The minimum Gasteiger partial charge on any atom is -0.454 e. The molecule has 2 N–H and O–H groups in total. The maximum absolute atomic E-state index is 12.7. The van der Waals surface area contributed by atoms with Gasteiger partial charge in [-0.05, 0) is 32.0 Å². The number of para-hydroxylation sites is 1. The van der Waals surface area contributed by atoms with Crippen LogP contribution in [0.25, 0.3) is 10.2 Å². The van der Waals surface area contributed by atoms with Crippen LogP contribution in [0.2, 0.25) is 0 Å². The topological polar surface area (TPSA) is 82.0 Å². The average Bonchev–Trinajstić information content (AvgIpc) is 3.32. The van der Waals surface area contributed by atoms with Crippen LogP contribution in [-0.2, 0) is 4.79 Å². The number of hydrogen-bond acceptors (Lipinski definition) is 6. The Hall–Kier alpha value is -2.97. The van der Waals surface area contributed by atoms with Crippen LogP contribution < -0.4 is 19.7 Å². The molecule has 1 aliphatic rings. The number of carbonyl (C=O) groups is 2. The van der Waals surface area contributed by atoms with Gasteiger partial charge in [-0.15, -0.1) is 11.3 Å². The van der Waals surface area contributed by atoms with Crippen LogP contribution in [0.15, 0.2) is 36.4 Å². The summed E-state index contributed by atoms with van der Waals surface area (Å²) in [6.45, 7) is 3.86. The normalized spacial score (nSPS) is 14.6. The number of quaternary nitrogens is 1. The van der Waals surface area contributed by atoms with Crippen LogP contribution >= 0.6 is 11.3 Å². The van der Waals surface area contributed by atoms with Gasteiger partial charge in [0.25, 0.3) is 5.91 Å². The molecule has 4 rings (SSSR count). The van der Waals surface area contributed by atoms with Crippen molar-refractivity contribution in [1.29, 1.82) is 0 Å². The molecule has 150 valence electrons. The lowest BCUT2D eigenvalue weighted by atomic mass is 10.1. The van der Waals surface area contributed by atoms with Gasteiger partial charge in [0.2, 0.25) is 6.79 Å². The lowest BCUT2D eigenvalue weighted by Gasteiger charge is -2.20. The van der Waals surface area contributed by atoms with Crippen LogP contribution in [0.4, 0.5) is 5.69 Å². The zero-order valence-electron chi connectivity index (χ0n) is 16.4. The molecule has 3 aromatic rings. The van der Waals surface area contributed by atoms with Crippen LogP contribution in [0.3, 0.4) is 0 Å². The van der Waals surface area contributed by atoms with E-state index in [9.17, 15) is 9.59 Å². The van der Waals surface area contributed by atoms with E-state index < -0.39 is 0 Å². The smallest absolute Gasteiger partial charge is 0.279 e. The van der Waals surface area contributed by atoms with Gasteiger partial charge in [-0.1, -0.05) is 12.1 Å². The monoisotopic (exact) mass is 412 g/mol. The second-order valence-corrected chi connectivity index (χ2v) is 8.18. The van der Waals surface area contributed by atoms with Crippen LogP contribution in [0.5, 0.6) is 11.5 Å². The fourth-order valence-corrected chi connectivity index (χ4v) is 4.34. The third-order valence-electron chi connectivity index (χ3n) is 5.03. The maximum Gasteiger partial charge on any atom is 0.279 e. The Morgan fingerprint density at radius 2 is 1.97 bits per heavy atom. The Labute approximate surface area is 172 Å². The van der Waals surface area contributed by atoms with Crippen molar-refractivity contribution in [3.63, 3.8) is 0 Å². The van der Waals surface area contributed by atoms with Crippen molar-refractivity contribution in [3.8, 4) is 11.5 Å². The molecule has 1 unspecified atom stereocenters. The highest BCUT2D eigenvalue weighted by molar-refractivity contribution is 7.18. The van der Waals surface area contributed by atoms with Crippen LogP contribution in [0, 0.1) is 0 Å². The number of nitrogens with zero attached hydrogens (tertiary/aromatic N) is 1. The fraction of sp³-hybridized carbons (Fsp3) is 0.286. The number of fused-ring (bicyclic) bond motifs is 2. The molecule has 1 aliphatic heterocycles. The van der Waals surface area contributed by atoms with Crippen molar-refractivity contribution in [1.82, 2.24) is 4.98 Å². The predicted octanol–water partition coefficient (Wildman–Crippen LogP) is 2.44. The third-order valence-corrected chi connectivity index (χ3v) is 6.24. The summed E-state index contributed by atoms with van der Waals surface area (Å²) in [5, 5.41) is 3.84. The molecule has 1 amide bonds. The number of Topliss-reactive ketones (excluding diaryl/α,β-unsaturated/α-hetero) is 1. The van der Waals surface area contributed by atoms with Crippen molar-refractivity contribution < 1.29 is 24.0 Å². The molecule has 0 aliphatic carbocycles. The highest BCUT2D eigenvalue weighted by atomic mass is 32.1. The van der Waals surface area contributed by atoms with Gasteiger partial charge in [0.1, 0.15) is 6.04 Å². The molecule has 0 saturated heterocycles. The van der Waals surface area contributed by atoms with Gasteiger partial charge in [-0.25, -0.2) is 4.98 Å². The van der Waals surface area contributed by atoms with Crippen LogP contribution in [-0.4, -0.2) is 37.1 Å². The minimum atomic E-state index is -0.183. The molecule has 0 radical (unpaired) electrons. The molecule has 0 fully saturated rings. The molecule has 29 heavy (non-hydrogen) atoms. The molecule has 2 heterocycles. The fourth-order valence-electron chi connectivity index (χ4n) is 3.22. The maximum atomic E-state index is 12.7. The predicted molar refractivity (Wildman–Crippen MR) is 111 cm³/mol. The Kier molecular flexibility index (Phi) is 5.21. The summed E-state index contributed by atoms with van der Waals surface area (Å²) in [5.41, 5.74) is 1.81. The summed E-state index contributed by atoms with van der Waals surface area (Å²) in [7, 11) is 1.96. The number of anilines is 1. The summed E-state index contributed by atoms with van der Waals surface area (Å²) < 4.78 is 11.8. The largest absolute Gasteiger partial charge is 0.454 e. The first-order valence-electron chi connectivity index (χ1n) is 9.34. The summed E-state index contributed by atoms with van der Waals surface area (Å²) in [6, 6.07) is 11.3. The molecule has 7 nitrogen and oxygen atoms in total. The Morgan fingerprint density at radius 3 is 2.69 bits per heavy atom. The minimum absolute atomic E-state index is 0.0576. The lowest BCUT2D eigenvalue weighted by molar-refractivity contribution is -0.902. The molecular weight excluding hydrogens is 390 g/mol. The van der Waals surface area contributed by atoms with Crippen molar-refractivity contribution in [2.24, 2.45) is 0 Å². The molecule has 0 bridgehead atoms. The quantitative estimate of drug-likeness (QED) is 0.608. The highest BCUT2D eigenvalue weighted by Gasteiger charge is 2.24. The van der Waals surface area contributed by atoms with Gasteiger partial charge < -0.3 is 19.7 Å². The zero-order valence-corrected chi connectivity index (χ0v) is 17.3. The van der Waals surface area contributed by atoms with E-state index in [0.29, 0.717) is 22.7 Å². The summed E-state index contributed by atoms with van der Waals surface area (Å²) >= 11 is 1.65. The van der Waals surface area contributed by atoms with Gasteiger partial charge >= 0.3 is 0 Å². The zero-order chi connectivity index (χ0) is 20.5. The lowest BCUT2D eigenvalue weighted by Crippen LogP contribution is -3.10. The van der Waals surface area contributed by atoms with Gasteiger partial charge in [-0.2, -0.15) is 0 Å². The second-order valence-electron chi connectivity index (χ2n) is 7.12. The number of carbonyl (C=O) groups excluding carboxylic acids is 2. The van der Waals surface area contributed by atoms with E-state index in [1.54, 1.807) is 23.5 Å². The summed E-state index contributed by atoms with van der Waals surface area (Å²) in [5.74, 6) is 0.702. The number of aromatic nitrogens is 1. The number of nitrogens with one attached hydrogen (secondary N) is 2. The van der Waals surface area contributed by atoms with E-state index in [1.165, 1.54) is 6.92 Å². The third kappa shape index (κ3) is 3.94. The SMILES string of the molecule is CC(=O)c1cc2c(cc1NC(=O)C[NH+](C)[C@H](C)c1nc3ccccc3s1)OCO2. The number of amides is 1. The van der Waals surface area contributed by atoms with Crippen LogP contribution in [0.1, 0.15) is 35.3 Å². The van der Waals surface area contributed by atoms with Crippen molar-refractivity contribution in [3.05, 3.63) is 47.0 Å². The van der Waals surface area contributed by atoms with Crippen molar-refractivity contribution >= 4 is 38.9 Å². The first-order chi connectivity index (χ1) is 13.9. The van der Waals surface area contributed by atoms with E-state index in [4.69, 9.17) is 14.5 Å². The standard InChI is InChI=1S/C21H21N3O4S/c1-12(21-23-15-6-4-5-7-19(15)29-21)24(3)10-20(26)22-16-9-18-17(27-11-28-18)8-14(16)13(2)25/h4-9,12H,10-11H2,1-3H3,(H,22,26)/p+1/t12-/m1/s1. The van der Waals surface area contributed by atoms with E-state index in [2.05, 4.69) is 12.2 Å². The number of ketones is 1. The molecule has 2 aromatic carbocycles. The summed E-state index contributed by atoms with van der Waals surface area (Å²) in [6.07, 6.45) is 0. The van der Waals surface area contributed by atoms with Gasteiger partial charge in [0.15, 0.2) is 28.8 Å². The first-order valence-corrected chi connectivity index (χ1v) is 10.2. The van der Waals surface area contributed by atoms with Crippen molar-refractivity contribution in [2.75, 3.05) is 25.7 Å². The van der Waals surface area contributed by atoms with Crippen molar-refractivity contribution in [2.45, 2.75) is 19.9 Å². The van der Waals surface area contributed by atoms with E-state index in [1.807, 2.05) is 31.3 Å². The molecule has 8 heteroatoms. The molecular formula is C21H22N3O4S+. The average molecular weight is 412 g/mol. The van der Waals surface area contributed by atoms with Gasteiger partial charge in [0, 0.05) is 11.6 Å². The number of ether oxygens (including phenoxy) is 2. The van der Waals surface area contributed by atoms with E-state index in [-0.39, 0.29) is 31.1 Å². The van der Waals surface area contributed by atoms with Gasteiger partial charge in [0.05, 0.1) is 23.0 Å². The second kappa shape index (κ2) is 7.81. The van der Waals surface area contributed by atoms with E-state index in [0.717, 1.165) is 20.1 Å². The highest BCUT2D eigenvalue weighted by Crippen LogP contribution is 2.37. The molecule has 0 spiro atoms. The number of likely N-dealkylation sites (N-methyl/N-ethyl adjacent to an activating group) is 1. The first kappa shape index (κ1) is 19.4. The molecule has 1 aromatic heterocycles. The number of thiazole rings is 1. The van der Waals surface area contributed by atoms with E-state index >= 15 is 0 Å². The molecule has 2 atom stereocenters. The van der Waals surface area contributed by atoms with Gasteiger partial charge in [-0.3, -0.25) is 9.59 Å². The Bertz CT molecular complexity index is 1060. The number of hydrogen-bond donors (Lipinski definition) is 2. The molecule has 0 saturated carbocycles.